The lowest BCUT2D eigenvalue weighted by Crippen LogP contribution is -2.49. The molecule has 3 fully saturated rings. The van der Waals surface area contributed by atoms with Crippen LogP contribution in [0.5, 0.6) is 0 Å². The molecule has 4 aliphatic carbocycles. The zero-order chi connectivity index (χ0) is 16.2. The number of fused-ring (bicyclic) bond motifs is 5. The van der Waals surface area contributed by atoms with Crippen LogP contribution in [0.25, 0.3) is 0 Å². The van der Waals surface area contributed by atoms with E-state index in [2.05, 4.69) is 26.0 Å². The Morgan fingerprint density at radius 1 is 1.13 bits per heavy atom. The van der Waals surface area contributed by atoms with Crippen LogP contribution in [0.15, 0.2) is 23.3 Å². The second-order valence-corrected chi connectivity index (χ2v) is 9.06. The summed E-state index contributed by atoms with van der Waals surface area (Å²) in [5, 5.41) is 19.4. The molecule has 6 atom stereocenters. The van der Waals surface area contributed by atoms with Gasteiger partial charge >= 0.3 is 0 Å². The van der Waals surface area contributed by atoms with Gasteiger partial charge in [0.25, 0.3) is 0 Å². The van der Waals surface area contributed by atoms with E-state index in [4.69, 9.17) is 0 Å². The van der Waals surface area contributed by atoms with Gasteiger partial charge in [0.2, 0.25) is 0 Å². The number of hydrogen-bond donors (Lipinski definition) is 2. The summed E-state index contributed by atoms with van der Waals surface area (Å²) in [6, 6.07) is 0. The standard InChI is InChI=1S/C21H32O2/c1-20-11-8-19-17(18(20)6-4-14(20)9-12-22)5-3-15-13-16(23)7-10-21(15,19)2/h3,9,16-19,22-23H,4-8,10-13H2,1-2H3/b14-9+. The molecular weight excluding hydrogens is 284 g/mol. The van der Waals surface area contributed by atoms with Gasteiger partial charge in [-0.2, -0.15) is 0 Å². The Balaban J connectivity index is 1.66. The molecule has 0 spiro atoms. The van der Waals surface area contributed by atoms with Crippen molar-refractivity contribution in [3.05, 3.63) is 23.3 Å². The van der Waals surface area contributed by atoms with Gasteiger partial charge in [0.05, 0.1) is 12.7 Å². The fourth-order valence-electron chi connectivity index (χ4n) is 6.94. The Hall–Kier alpha value is -0.600. The van der Waals surface area contributed by atoms with Gasteiger partial charge in [-0.05, 0) is 80.0 Å². The normalized spacial score (nSPS) is 51.0. The SMILES string of the molecule is CC12CCC(O)CC1=CCC1C2CCC2(C)/C(=C/CO)CCC12. The number of rotatable bonds is 1. The van der Waals surface area contributed by atoms with Gasteiger partial charge in [-0.15, -0.1) is 0 Å². The summed E-state index contributed by atoms with van der Waals surface area (Å²) >= 11 is 0. The van der Waals surface area contributed by atoms with E-state index in [1.54, 1.807) is 5.57 Å². The first-order valence-electron chi connectivity index (χ1n) is 9.67. The number of hydrogen-bond acceptors (Lipinski definition) is 2. The van der Waals surface area contributed by atoms with Crippen molar-refractivity contribution in [1.29, 1.82) is 0 Å². The summed E-state index contributed by atoms with van der Waals surface area (Å²) < 4.78 is 0. The van der Waals surface area contributed by atoms with E-state index >= 15 is 0 Å². The molecule has 4 aliphatic rings. The smallest absolute Gasteiger partial charge is 0.0615 e. The molecule has 3 saturated carbocycles. The van der Waals surface area contributed by atoms with Crippen LogP contribution in [0, 0.1) is 28.6 Å². The molecule has 0 aromatic heterocycles. The fraction of sp³-hybridized carbons (Fsp3) is 0.810. The summed E-state index contributed by atoms with van der Waals surface area (Å²) in [7, 11) is 0. The van der Waals surface area contributed by atoms with Gasteiger partial charge in [-0.25, -0.2) is 0 Å². The number of allylic oxidation sites excluding steroid dienone is 2. The molecule has 128 valence electrons. The molecule has 6 unspecified atom stereocenters. The van der Waals surface area contributed by atoms with Crippen LogP contribution in [-0.2, 0) is 0 Å². The Bertz CT molecular complexity index is 548. The predicted octanol–water partition coefficient (Wildman–Crippen LogP) is 4.23. The van der Waals surface area contributed by atoms with E-state index in [0.717, 1.165) is 30.6 Å². The van der Waals surface area contributed by atoms with Crippen molar-refractivity contribution in [2.45, 2.75) is 71.3 Å². The van der Waals surface area contributed by atoms with Crippen LogP contribution in [0.3, 0.4) is 0 Å². The lowest BCUT2D eigenvalue weighted by atomic mass is 9.48. The lowest BCUT2D eigenvalue weighted by Gasteiger charge is -2.57. The van der Waals surface area contributed by atoms with Gasteiger partial charge in [-0.3, -0.25) is 0 Å². The van der Waals surface area contributed by atoms with Gasteiger partial charge in [0.1, 0.15) is 0 Å². The highest BCUT2D eigenvalue weighted by molar-refractivity contribution is 5.29. The highest BCUT2D eigenvalue weighted by Crippen LogP contribution is 2.66. The van der Waals surface area contributed by atoms with Gasteiger partial charge in [0.15, 0.2) is 0 Å². The second-order valence-electron chi connectivity index (χ2n) is 9.06. The molecule has 2 heteroatoms. The Kier molecular flexibility index (Phi) is 3.77. The molecule has 23 heavy (non-hydrogen) atoms. The lowest BCUT2D eigenvalue weighted by molar-refractivity contribution is -0.0269. The van der Waals surface area contributed by atoms with Crippen molar-refractivity contribution in [2.75, 3.05) is 6.61 Å². The van der Waals surface area contributed by atoms with Crippen molar-refractivity contribution in [2.24, 2.45) is 28.6 Å². The van der Waals surface area contributed by atoms with Crippen LogP contribution in [-0.4, -0.2) is 22.9 Å². The van der Waals surface area contributed by atoms with Crippen molar-refractivity contribution >= 4 is 0 Å². The average Bonchev–Trinajstić information content (AvgIpc) is 2.85. The first kappa shape index (κ1) is 15.9. The quantitative estimate of drug-likeness (QED) is 0.711. The van der Waals surface area contributed by atoms with Gasteiger partial charge in [0, 0.05) is 0 Å². The summed E-state index contributed by atoms with van der Waals surface area (Å²) in [5.74, 6) is 2.41. The third-order valence-electron chi connectivity index (χ3n) is 8.26. The largest absolute Gasteiger partial charge is 0.393 e. The van der Waals surface area contributed by atoms with Crippen molar-refractivity contribution in [3.63, 3.8) is 0 Å². The Labute approximate surface area is 140 Å². The van der Waals surface area contributed by atoms with Crippen LogP contribution < -0.4 is 0 Å². The van der Waals surface area contributed by atoms with Gasteiger partial charge < -0.3 is 10.2 Å². The molecule has 0 aliphatic heterocycles. The maximum atomic E-state index is 10.1. The molecule has 0 heterocycles. The molecule has 2 nitrogen and oxygen atoms in total. The highest BCUT2D eigenvalue weighted by atomic mass is 16.3. The second kappa shape index (κ2) is 5.46. The molecule has 0 aromatic rings. The maximum Gasteiger partial charge on any atom is 0.0615 e. The zero-order valence-electron chi connectivity index (χ0n) is 14.7. The Morgan fingerprint density at radius 3 is 2.65 bits per heavy atom. The predicted molar refractivity (Wildman–Crippen MR) is 92.9 cm³/mol. The first-order chi connectivity index (χ1) is 11.0. The molecular formula is C21H32O2. The van der Waals surface area contributed by atoms with E-state index in [-0.39, 0.29) is 12.7 Å². The van der Waals surface area contributed by atoms with Crippen molar-refractivity contribution in [1.82, 2.24) is 0 Å². The average molecular weight is 316 g/mol. The minimum atomic E-state index is -0.106. The molecule has 0 aromatic carbocycles. The number of aliphatic hydroxyl groups is 2. The van der Waals surface area contributed by atoms with Gasteiger partial charge in [-0.1, -0.05) is 37.1 Å². The van der Waals surface area contributed by atoms with Crippen LogP contribution in [0.1, 0.15) is 65.2 Å². The molecule has 0 radical (unpaired) electrons. The number of aliphatic hydroxyl groups excluding tert-OH is 2. The van der Waals surface area contributed by atoms with E-state index in [0.29, 0.717) is 10.8 Å². The maximum absolute atomic E-state index is 10.1. The van der Waals surface area contributed by atoms with Crippen LogP contribution in [0.2, 0.25) is 0 Å². The first-order valence-corrected chi connectivity index (χ1v) is 9.67. The van der Waals surface area contributed by atoms with E-state index < -0.39 is 0 Å². The molecule has 2 N–H and O–H groups in total. The molecule has 0 saturated heterocycles. The topological polar surface area (TPSA) is 40.5 Å². The Morgan fingerprint density at radius 2 is 1.87 bits per heavy atom. The van der Waals surface area contributed by atoms with Crippen LogP contribution >= 0.6 is 0 Å². The molecule has 0 bridgehead atoms. The highest BCUT2D eigenvalue weighted by Gasteiger charge is 2.56. The summed E-state index contributed by atoms with van der Waals surface area (Å²) in [4.78, 5) is 0. The third kappa shape index (κ3) is 2.21. The van der Waals surface area contributed by atoms with Crippen LogP contribution in [0.4, 0.5) is 0 Å². The monoisotopic (exact) mass is 316 g/mol. The molecule has 0 amide bonds. The molecule has 4 rings (SSSR count). The minimum absolute atomic E-state index is 0.106. The third-order valence-corrected chi connectivity index (χ3v) is 8.26. The van der Waals surface area contributed by atoms with E-state index in [9.17, 15) is 10.2 Å². The van der Waals surface area contributed by atoms with E-state index in [1.165, 1.54) is 44.1 Å². The zero-order valence-corrected chi connectivity index (χ0v) is 14.7. The van der Waals surface area contributed by atoms with Crippen molar-refractivity contribution < 1.29 is 10.2 Å². The summed E-state index contributed by atoms with van der Waals surface area (Å²) in [6.07, 6.45) is 13.9. The minimum Gasteiger partial charge on any atom is -0.393 e. The summed E-state index contributed by atoms with van der Waals surface area (Å²) in [6.45, 7) is 5.16. The van der Waals surface area contributed by atoms with E-state index in [1.807, 2.05) is 0 Å². The summed E-state index contributed by atoms with van der Waals surface area (Å²) in [5.41, 5.74) is 3.76. The fourth-order valence-corrected chi connectivity index (χ4v) is 6.94. The van der Waals surface area contributed by atoms with Crippen molar-refractivity contribution in [3.8, 4) is 0 Å².